The maximum absolute atomic E-state index is 12.3. The molecule has 1 unspecified atom stereocenters. The summed E-state index contributed by atoms with van der Waals surface area (Å²) in [5, 5.41) is 19.1. The Morgan fingerprint density at radius 2 is 1.30 bits per heavy atom. The van der Waals surface area contributed by atoms with Gasteiger partial charge in [-0.25, -0.2) is 4.79 Å². The molecule has 3 aromatic carbocycles. The van der Waals surface area contributed by atoms with Crippen molar-refractivity contribution in [1.82, 2.24) is 16.0 Å². The van der Waals surface area contributed by atoms with Gasteiger partial charge in [-0.2, -0.15) is 0 Å². The summed E-state index contributed by atoms with van der Waals surface area (Å²) < 4.78 is 5.40. The molecule has 0 heterocycles. The molecule has 12 nitrogen and oxygen atoms in total. The van der Waals surface area contributed by atoms with Crippen molar-refractivity contribution in [1.29, 1.82) is 0 Å². The van der Waals surface area contributed by atoms with Crippen LogP contribution in [0.15, 0.2) is 72.8 Å². The monoisotopic (exact) mass is 629 g/mol. The highest BCUT2D eigenvalue weighted by molar-refractivity contribution is 5.95. The number of ether oxygens (including phenoxy) is 1. The number of carbonyl (C=O) groups is 5. The van der Waals surface area contributed by atoms with Gasteiger partial charge in [-0.15, -0.1) is 0 Å². The zero-order valence-corrected chi connectivity index (χ0v) is 25.8. The lowest BCUT2D eigenvalue weighted by molar-refractivity contribution is -0.147. The predicted molar refractivity (Wildman–Crippen MR) is 172 cm³/mol. The minimum atomic E-state index is -0.928. The van der Waals surface area contributed by atoms with E-state index in [0.717, 1.165) is 27.8 Å². The molecule has 0 aromatic heterocycles. The zero-order valence-electron chi connectivity index (χ0n) is 25.8. The third kappa shape index (κ3) is 9.14. The number of hydrogen-bond acceptors (Lipinski definition) is 7. The molecule has 242 valence electrons. The molecule has 7 N–H and O–H groups in total. The predicted octanol–water partition coefficient (Wildman–Crippen LogP) is 2.77. The van der Waals surface area contributed by atoms with Gasteiger partial charge in [-0.1, -0.05) is 60.7 Å². The molecule has 0 spiro atoms. The van der Waals surface area contributed by atoms with Crippen molar-refractivity contribution in [3.8, 4) is 11.1 Å². The highest BCUT2D eigenvalue weighted by Crippen LogP contribution is 2.44. The van der Waals surface area contributed by atoms with Gasteiger partial charge < -0.3 is 36.8 Å². The van der Waals surface area contributed by atoms with Crippen LogP contribution in [0.5, 0.6) is 0 Å². The highest BCUT2D eigenvalue weighted by atomic mass is 16.5. The van der Waals surface area contributed by atoms with Crippen LogP contribution in [0.25, 0.3) is 11.1 Å². The molecule has 1 atom stereocenters. The molecule has 0 aliphatic heterocycles. The van der Waals surface area contributed by atoms with E-state index in [1.807, 2.05) is 48.5 Å². The number of benzene rings is 3. The van der Waals surface area contributed by atoms with Gasteiger partial charge in [0.25, 0.3) is 0 Å². The van der Waals surface area contributed by atoms with Gasteiger partial charge >= 0.3 is 12.1 Å². The molecule has 12 heteroatoms. The molecule has 4 rings (SSSR count). The normalized spacial score (nSPS) is 12.7. The number of fused-ring (bicyclic) bond motifs is 3. The largest absolute Gasteiger partial charge is 0.481 e. The first-order valence-electron chi connectivity index (χ1n) is 14.9. The number of anilines is 1. The van der Waals surface area contributed by atoms with E-state index < -0.39 is 35.2 Å². The minimum absolute atomic E-state index is 0.108. The van der Waals surface area contributed by atoms with E-state index in [1.165, 1.54) is 0 Å². The van der Waals surface area contributed by atoms with E-state index in [2.05, 4.69) is 21.3 Å². The van der Waals surface area contributed by atoms with E-state index in [0.29, 0.717) is 18.5 Å². The Labute approximate surface area is 267 Å². The lowest BCUT2D eigenvalue weighted by Crippen LogP contribution is -2.43. The highest BCUT2D eigenvalue weighted by Gasteiger charge is 2.30. The molecule has 0 saturated carbocycles. The Hall–Kier alpha value is -5.23. The van der Waals surface area contributed by atoms with Crippen molar-refractivity contribution < 1.29 is 33.8 Å². The number of alkyl carbamates (subject to hydrolysis) is 1. The van der Waals surface area contributed by atoms with Gasteiger partial charge in [0.15, 0.2) is 0 Å². The van der Waals surface area contributed by atoms with Crippen LogP contribution >= 0.6 is 0 Å². The number of carboxylic acids is 1. The van der Waals surface area contributed by atoms with Crippen LogP contribution in [-0.2, 0) is 30.3 Å². The molecule has 0 saturated heterocycles. The van der Waals surface area contributed by atoms with Crippen molar-refractivity contribution in [2.45, 2.75) is 38.6 Å². The Kier molecular flexibility index (Phi) is 11.1. The smallest absolute Gasteiger partial charge is 0.407 e. The van der Waals surface area contributed by atoms with Crippen molar-refractivity contribution in [2.24, 2.45) is 11.1 Å². The Balaban J connectivity index is 1.10. The first-order chi connectivity index (χ1) is 21.9. The first-order valence-corrected chi connectivity index (χ1v) is 14.9. The quantitative estimate of drug-likeness (QED) is 0.157. The van der Waals surface area contributed by atoms with Crippen LogP contribution in [0.4, 0.5) is 10.5 Å². The van der Waals surface area contributed by atoms with E-state index in [1.54, 1.807) is 38.1 Å². The number of rotatable bonds is 14. The molecular weight excluding hydrogens is 590 g/mol. The minimum Gasteiger partial charge on any atom is -0.481 e. The molecule has 0 radical (unpaired) electrons. The summed E-state index contributed by atoms with van der Waals surface area (Å²) in [5.74, 6) is -2.67. The van der Waals surface area contributed by atoms with Crippen molar-refractivity contribution in [2.75, 3.05) is 31.6 Å². The number of amides is 4. The number of nitrogens with one attached hydrogen (secondary N) is 4. The van der Waals surface area contributed by atoms with Gasteiger partial charge in [0.05, 0.1) is 18.5 Å². The summed E-state index contributed by atoms with van der Waals surface area (Å²) in [6.07, 6.45) is 0.0421. The number of aliphatic carboxylic acids is 1. The zero-order chi connectivity index (χ0) is 33.3. The van der Waals surface area contributed by atoms with E-state index >= 15 is 0 Å². The second kappa shape index (κ2) is 15.2. The standard InChI is InChI=1S/C34H39N5O7/c1-34(2,32(43)44)16-22(35)15-21-11-13-23(14-12-21)39-31(42)19-37-29(40)17-36-30(41)18-38-33(45)46-20-28-26-9-5-3-7-24(26)25-8-4-6-10-27(25)28/h3-14,22,28H,15-20,35H2,1-2H3,(H,36,41)(H,37,40)(H,38,45)(H,39,42)(H,43,44). The number of carboxylic acid groups (broad SMARTS) is 1. The first kappa shape index (κ1) is 33.7. The second-order valence-corrected chi connectivity index (χ2v) is 11.8. The average Bonchev–Trinajstić information content (AvgIpc) is 3.35. The topological polar surface area (TPSA) is 189 Å². The van der Waals surface area contributed by atoms with Gasteiger partial charge in [-0.3, -0.25) is 19.2 Å². The average molecular weight is 630 g/mol. The summed E-state index contributed by atoms with van der Waals surface area (Å²) >= 11 is 0. The van der Waals surface area contributed by atoms with E-state index in [-0.39, 0.29) is 38.2 Å². The summed E-state index contributed by atoms with van der Waals surface area (Å²) in [7, 11) is 0. The summed E-state index contributed by atoms with van der Waals surface area (Å²) in [6, 6.07) is 22.5. The Bertz CT molecular complexity index is 1540. The van der Waals surface area contributed by atoms with E-state index in [4.69, 9.17) is 10.5 Å². The molecule has 4 amide bonds. The second-order valence-electron chi connectivity index (χ2n) is 11.8. The van der Waals surface area contributed by atoms with Crippen molar-refractivity contribution in [3.63, 3.8) is 0 Å². The van der Waals surface area contributed by atoms with Gasteiger partial charge in [0, 0.05) is 17.6 Å². The van der Waals surface area contributed by atoms with Crippen LogP contribution in [0.2, 0.25) is 0 Å². The van der Waals surface area contributed by atoms with Crippen LogP contribution in [-0.4, -0.2) is 67.2 Å². The van der Waals surface area contributed by atoms with Gasteiger partial charge in [-0.05, 0) is 66.6 Å². The lowest BCUT2D eigenvalue weighted by Gasteiger charge is -2.23. The van der Waals surface area contributed by atoms with Crippen LogP contribution in [0.3, 0.4) is 0 Å². The van der Waals surface area contributed by atoms with Gasteiger partial charge in [0.2, 0.25) is 17.7 Å². The van der Waals surface area contributed by atoms with Crippen molar-refractivity contribution >= 4 is 35.5 Å². The number of carbonyl (C=O) groups excluding carboxylic acids is 4. The summed E-state index contributed by atoms with van der Waals surface area (Å²) in [6.45, 7) is 2.29. The van der Waals surface area contributed by atoms with Gasteiger partial charge in [0.1, 0.15) is 13.2 Å². The fraction of sp³-hybridized carbons (Fsp3) is 0.324. The maximum atomic E-state index is 12.3. The maximum Gasteiger partial charge on any atom is 0.407 e. The molecule has 0 fully saturated rings. The SMILES string of the molecule is CC(C)(CC(N)Cc1ccc(NC(=O)CNC(=O)CNC(=O)CNC(=O)OCC2c3ccccc3-c3ccccc32)cc1)C(=O)O. The number of hydrogen-bond donors (Lipinski definition) is 6. The van der Waals surface area contributed by atoms with Crippen LogP contribution in [0, 0.1) is 5.41 Å². The molecular formula is C34H39N5O7. The molecule has 3 aromatic rings. The molecule has 0 bridgehead atoms. The van der Waals surface area contributed by atoms with Crippen molar-refractivity contribution in [3.05, 3.63) is 89.5 Å². The molecule has 1 aliphatic carbocycles. The van der Waals surface area contributed by atoms with E-state index in [9.17, 15) is 29.1 Å². The lowest BCUT2D eigenvalue weighted by atomic mass is 9.84. The third-order valence-corrected chi connectivity index (χ3v) is 7.72. The molecule has 46 heavy (non-hydrogen) atoms. The third-order valence-electron chi connectivity index (χ3n) is 7.72. The van der Waals surface area contributed by atoms with Crippen LogP contribution < -0.4 is 27.0 Å². The summed E-state index contributed by atoms with van der Waals surface area (Å²) in [5.41, 5.74) is 11.0. The fourth-order valence-electron chi connectivity index (χ4n) is 5.33. The Morgan fingerprint density at radius 1 is 0.783 bits per heavy atom. The fourth-order valence-corrected chi connectivity index (χ4v) is 5.33. The van der Waals surface area contributed by atoms with Crippen LogP contribution in [0.1, 0.15) is 42.9 Å². The number of nitrogens with two attached hydrogens (primary N) is 1. The molecule has 1 aliphatic rings. The Morgan fingerprint density at radius 3 is 1.87 bits per heavy atom. The summed E-state index contributed by atoms with van der Waals surface area (Å²) in [4.78, 5) is 60.1.